The van der Waals surface area contributed by atoms with Gasteiger partial charge in [-0.25, -0.2) is 0 Å². The molecule has 1 unspecified atom stereocenters. The van der Waals surface area contributed by atoms with Crippen molar-refractivity contribution >= 4 is 0 Å². The molecule has 0 saturated carbocycles. The maximum Gasteiger partial charge on any atom is 0.0527 e. The third-order valence-electron chi connectivity index (χ3n) is 3.43. The first-order valence-electron chi connectivity index (χ1n) is 5.69. The van der Waals surface area contributed by atoms with E-state index in [1.807, 2.05) is 17.9 Å². The molecule has 1 aliphatic carbocycles. The number of aromatic nitrogens is 2. The van der Waals surface area contributed by atoms with Gasteiger partial charge in [-0.15, -0.1) is 0 Å². The molecule has 0 fully saturated rings. The molecule has 15 heavy (non-hydrogen) atoms. The van der Waals surface area contributed by atoms with Crippen molar-refractivity contribution in [3.63, 3.8) is 0 Å². The van der Waals surface area contributed by atoms with Crippen LogP contribution in [0.4, 0.5) is 0 Å². The topological polar surface area (TPSA) is 29.9 Å². The van der Waals surface area contributed by atoms with Gasteiger partial charge in [-0.05, 0) is 30.9 Å². The minimum absolute atomic E-state index is 0.405. The van der Waals surface area contributed by atoms with Crippen molar-refractivity contribution in [2.24, 2.45) is 12.5 Å². The number of nitrogens with one attached hydrogen (secondary N) is 1. The van der Waals surface area contributed by atoms with Crippen molar-refractivity contribution in [2.45, 2.75) is 32.6 Å². The van der Waals surface area contributed by atoms with Gasteiger partial charge in [-0.1, -0.05) is 13.8 Å². The summed E-state index contributed by atoms with van der Waals surface area (Å²) >= 11 is 0. The van der Waals surface area contributed by atoms with Gasteiger partial charge in [-0.2, -0.15) is 5.10 Å². The summed E-state index contributed by atoms with van der Waals surface area (Å²) in [5.41, 5.74) is 3.28. The third kappa shape index (κ3) is 1.93. The van der Waals surface area contributed by atoms with Crippen LogP contribution in [0, 0.1) is 5.41 Å². The summed E-state index contributed by atoms with van der Waals surface area (Å²) in [5, 5.41) is 7.67. The van der Waals surface area contributed by atoms with E-state index in [0.717, 1.165) is 13.0 Å². The third-order valence-corrected chi connectivity index (χ3v) is 3.43. The first-order valence-corrected chi connectivity index (χ1v) is 5.69. The molecule has 0 bridgehead atoms. The predicted molar refractivity (Wildman–Crippen MR) is 62.0 cm³/mol. The van der Waals surface area contributed by atoms with E-state index in [2.05, 4.69) is 31.3 Å². The van der Waals surface area contributed by atoms with Crippen LogP contribution in [0.5, 0.6) is 0 Å². The van der Waals surface area contributed by atoms with Crippen LogP contribution < -0.4 is 5.32 Å². The lowest BCUT2D eigenvalue weighted by atomic mass is 9.71. The fourth-order valence-electron chi connectivity index (χ4n) is 2.77. The van der Waals surface area contributed by atoms with E-state index in [1.54, 1.807) is 0 Å². The molecule has 1 atom stereocenters. The predicted octanol–water partition coefficient (Wildman–Crippen LogP) is 1.70. The molecule has 0 aromatic carbocycles. The number of likely N-dealkylation sites (N-methyl/N-ethyl adjacent to an activating group) is 1. The fraction of sp³-hybridized carbons (Fsp3) is 0.750. The Bertz CT molecular complexity index is 352. The molecule has 1 aliphatic rings. The summed E-state index contributed by atoms with van der Waals surface area (Å²) in [7, 11) is 4.08. The molecule has 1 aromatic rings. The molecule has 3 heteroatoms. The van der Waals surface area contributed by atoms with Gasteiger partial charge in [0.1, 0.15) is 0 Å². The Labute approximate surface area is 91.9 Å². The lowest BCUT2D eigenvalue weighted by Gasteiger charge is -2.35. The first-order chi connectivity index (χ1) is 7.03. The summed E-state index contributed by atoms with van der Waals surface area (Å²) in [6.07, 6.45) is 4.46. The van der Waals surface area contributed by atoms with E-state index in [9.17, 15) is 0 Å². The van der Waals surface area contributed by atoms with Crippen molar-refractivity contribution in [1.82, 2.24) is 15.1 Å². The van der Waals surface area contributed by atoms with Crippen molar-refractivity contribution in [1.29, 1.82) is 0 Å². The van der Waals surface area contributed by atoms with Crippen LogP contribution in [0.25, 0.3) is 0 Å². The Balaban J connectivity index is 2.35. The van der Waals surface area contributed by atoms with Gasteiger partial charge < -0.3 is 5.32 Å². The molecule has 0 radical (unpaired) electrons. The number of hydrogen-bond donors (Lipinski definition) is 1. The molecular formula is C12H21N3. The molecule has 0 spiro atoms. The van der Waals surface area contributed by atoms with Crippen LogP contribution in [-0.2, 0) is 13.5 Å². The molecule has 2 rings (SSSR count). The highest BCUT2D eigenvalue weighted by molar-refractivity contribution is 5.27. The molecule has 84 valence electrons. The van der Waals surface area contributed by atoms with Gasteiger partial charge in [0, 0.05) is 25.2 Å². The van der Waals surface area contributed by atoms with Gasteiger partial charge in [0.25, 0.3) is 0 Å². The number of aryl methyl sites for hydroxylation is 1. The van der Waals surface area contributed by atoms with Crippen LogP contribution >= 0.6 is 0 Å². The molecule has 0 saturated heterocycles. The second-order valence-corrected chi connectivity index (χ2v) is 5.47. The standard InChI is InChI=1S/C12H21N3/c1-12(2)5-9(7-13-3)10-8-14-15(4)11(10)6-12/h8-9,13H,5-7H2,1-4H3. The smallest absolute Gasteiger partial charge is 0.0527 e. The van der Waals surface area contributed by atoms with E-state index in [4.69, 9.17) is 0 Å². The van der Waals surface area contributed by atoms with Crippen LogP contribution in [0.15, 0.2) is 6.20 Å². The second-order valence-electron chi connectivity index (χ2n) is 5.47. The van der Waals surface area contributed by atoms with E-state index in [-0.39, 0.29) is 0 Å². The van der Waals surface area contributed by atoms with Crippen LogP contribution in [0.1, 0.15) is 37.4 Å². The van der Waals surface area contributed by atoms with E-state index < -0.39 is 0 Å². The van der Waals surface area contributed by atoms with Crippen molar-refractivity contribution < 1.29 is 0 Å². The van der Waals surface area contributed by atoms with Crippen LogP contribution in [-0.4, -0.2) is 23.4 Å². The summed E-state index contributed by atoms with van der Waals surface area (Å²) in [6.45, 7) is 5.76. The lowest BCUT2D eigenvalue weighted by Crippen LogP contribution is -2.30. The Kier molecular flexibility index (Phi) is 2.59. The minimum Gasteiger partial charge on any atom is -0.319 e. The van der Waals surface area contributed by atoms with Crippen molar-refractivity contribution in [3.05, 3.63) is 17.5 Å². The van der Waals surface area contributed by atoms with Crippen LogP contribution in [0.2, 0.25) is 0 Å². The summed E-state index contributed by atoms with van der Waals surface area (Å²) in [6, 6.07) is 0. The van der Waals surface area contributed by atoms with Gasteiger partial charge in [-0.3, -0.25) is 4.68 Å². The van der Waals surface area contributed by atoms with Crippen molar-refractivity contribution in [2.75, 3.05) is 13.6 Å². The van der Waals surface area contributed by atoms with Gasteiger partial charge in [0.2, 0.25) is 0 Å². The quantitative estimate of drug-likeness (QED) is 0.800. The van der Waals surface area contributed by atoms with Gasteiger partial charge in [0.15, 0.2) is 0 Å². The Morgan fingerprint density at radius 2 is 2.33 bits per heavy atom. The number of fused-ring (bicyclic) bond motifs is 1. The normalized spacial score (nSPS) is 23.9. The molecule has 3 nitrogen and oxygen atoms in total. The maximum absolute atomic E-state index is 4.39. The summed E-state index contributed by atoms with van der Waals surface area (Å²) < 4.78 is 2.04. The lowest BCUT2D eigenvalue weighted by molar-refractivity contribution is 0.271. The first kappa shape index (κ1) is 10.7. The van der Waals surface area contributed by atoms with Gasteiger partial charge in [0.05, 0.1) is 6.20 Å². The highest BCUT2D eigenvalue weighted by atomic mass is 15.3. The summed E-state index contributed by atoms with van der Waals surface area (Å²) in [5.74, 6) is 0.627. The number of nitrogens with zero attached hydrogens (tertiary/aromatic N) is 2. The maximum atomic E-state index is 4.39. The van der Waals surface area contributed by atoms with Crippen molar-refractivity contribution in [3.8, 4) is 0 Å². The molecule has 1 N–H and O–H groups in total. The average molecular weight is 207 g/mol. The molecular weight excluding hydrogens is 186 g/mol. The van der Waals surface area contributed by atoms with Crippen LogP contribution in [0.3, 0.4) is 0 Å². The molecule has 1 heterocycles. The zero-order chi connectivity index (χ0) is 11.1. The zero-order valence-corrected chi connectivity index (χ0v) is 10.2. The molecule has 0 aliphatic heterocycles. The van der Waals surface area contributed by atoms with Gasteiger partial charge >= 0.3 is 0 Å². The SMILES string of the molecule is CNCC1CC(C)(C)Cc2c1cnn2C. The molecule has 0 amide bonds. The monoisotopic (exact) mass is 207 g/mol. The summed E-state index contributed by atoms with van der Waals surface area (Å²) in [4.78, 5) is 0. The highest BCUT2D eigenvalue weighted by Crippen LogP contribution is 2.41. The number of rotatable bonds is 2. The minimum atomic E-state index is 0.405. The number of hydrogen-bond acceptors (Lipinski definition) is 2. The Morgan fingerprint density at radius 1 is 1.60 bits per heavy atom. The fourth-order valence-corrected chi connectivity index (χ4v) is 2.77. The molecule has 1 aromatic heterocycles. The Hall–Kier alpha value is -0.830. The van der Waals surface area contributed by atoms with E-state index in [1.165, 1.54) is 17.7 Å². The Morgan fingerprint density at radius 3 is 3.00 bits per heavy atom. The largest absolute Gasteiger partial charge is 0.319 e. The second kappa shape index (κ2) is 3.63. The van der Waals surface area contributed by atoms with E-state index >= 15 is 0 Å². The highest BCUT2D eigenvalue weighted by Gasteiger charge is 2.33. The van der Waals surface area contributed by atoms with E-state index in [0.29, 0.717) is 11.3 Å². The average Bonchev–Trinajstić information content (AvgIpc) is 2.47. The zero-order valence-electron chi connectivity index (χ0n) is 10.2.